The van der Waals surface area contributed by atoms with Crippen molar-refractivity contribution in [2.45, 2.75) is 12.8 Å². The Hall–Kier alpha value is -1.88. The van der Waals surface area contributed by atoms with Crippen molar-refractivity contribution in [2.75, 3.05) is 13.1 Å². The van der Waals surface area contributed by atoms with Crippen molar-refractivity contribution in [1.29, 1.82) is 0 Å². The number of piperidine rings is 1. The Labute approximate surface area is 120 Å². The SMILES string of the molecule is O=C(O)C1CCCN(C(=O)c2cc3ccccc3s2)C1. The zero-order chi connectivity index (χ0) is 14.1. The average Bonchev–Trinajstić information content (AvgIpc) is 2.90. The smallest absolute Gasteiger partial charge is 0.308 e. The molecule has 0 radical (unpaired) electrons. The summed E-state index contributed by atoms with van der Waals surface area (Å²) in [4.78, 5) is 25.9. The maximum Gasteiger partial charge on any atom is 0.308 e. The number of carbonyl (C=O) groups is 2. The number of carboxylic acids is 1. The number of nitrogens with zero attached hydrogens (tertiary/aromatic N) is 1. The van der Waals surface area contributed by atoms with Crippen LogP contribution >= 0.6 is 11.3 Å². The van der Waals surface area contributed by atoms with Crippen LogP contribution in [0.1, 0.15) is 22.5 Å². The van der Waals surface area contributed by atoms with Crippen molar-refractivity contribution in [1.82, 2.24) is 4.90 Å². The molecule has 20 heavy (non-hydrogen) atoms. The van der Waals surface area contributed by atoms with Crippen LogP contribution in [0.25, 0.3) is 10.1 Å². The molecule has 104 valence electrons. The number of fused-ring (bicyclic) bond motifs is 1. The summed E-state index contributed by atoms with van der Waals surface area (Å²) >= 11 is 1.47. The highest BCUT2D eigenvalue weighted by atomic mass is 32.1. The van der Waals surface area contributed by atoms with E-state index in [1.807, 2.05) is 30.3 Å². The molecule has 5 heteroatoms. The van der Waals surface area contributed by atoms with Gasteiger partial charge in [0.15, 0.2) is 0 Å². The number of rotatable bonds is 2. The van der Waals surface area contributed by atoms with Crippen LogP contribution in [0.15, 0.2) is 30.3 Å². The number of thiophene rings is 1. The summed E-state index contributed by atoms with van der Waals surface area (Å²) in [5, 5.41) is 10.1. The van der Waals surface area contributed by atoms with E-state index in [1.54, 1.807) is 4.90 Å². The van der Waals surface area contributed by atoms with E-state index in [-0.39, 0.29) is 5.91 Å². The van der Waals surface area contributed by atoms with Crippen LogP contribution in [0.4, 0.5) is 0 Å². The molecule has 1 N–H and O–H groups in total. The highest BCUT2D eigenvalue weighted by Gasteiger charge is 2.29. The van der Waals surface area contributed by atoms with Crippen LogP contribution in [0.5, 0.6) is 0 Å². The molecule has 1 aliphatic rings. The molecular formula is C15H15NO3S. The molecule has 1 atom stereocenters. The zero-order valence-electron chi connectivity index (χ0n) is 10.9. The van der Waals surface area contributed by atoms with E-state index in [4.69, 9.17) is 5.11 Å². The van der Waals surface area contributed by atoms with Gasteiger partial charge in [0.25, 0.3) is 5.91 Å². The van der Waals surface area contributed by atoms with Crippen molar-refractivity contribution in [3.8, 4) is 0 Å². The summed E-state index contributed by atoms with van der Waals surface area (Å²) in [5.41, 5.74) is 0. The van der Waals surface area contributed by atoms with Gasteiger partial charge in [-0.15, -0.1) is 11.3 Å². The third-order valence-corrected chi connectivity index (χ3v) is 4.80. The molecule has 2 aromatic rings. The van der Waals surface area contributed by atoms with Gasteiger partial charge in [-0.2, -0.15) is 0 Å². The Kier molecular flexibility index (Phi) is 3.44. The zero-order valence-corrected chi connectivity index (χ0v) is 11.7. The molecular weight excluding hydrogens is 274 g/mol. The number of benzene rings is 1. The van der Waals surface area contributed by atoms with Crippen LogP contribution in [-0.2, 0) is 4.79 Å². The van der Waals surface area contributed by atoms with Crippen LogP contribution < -0.4 is 0 Å². The number of aliphatic carboxylic acids is 1. The molecule has 2 heterocycles. The standard InChI is InChI=1S/C15H15NO3S/c17-14(16-7-3-5-11(9-16)15(18)19)13-8-10-4-1-2-6-12(10)20-13/h1-2,4,6,8,11H,3,5,7,9H2,(H,18,19). The molecule has 1 aromatic carbocycles. The number of likely N-dealkylation sites (tertiary alicyclic amines) is 1. The van der Waals surface area contributed by atoms with Gasteiger partial charge < -0.3 is 10.0 Å². The Balaban J connectivity index is 1.82. The highest BCUT2D eigenvalue weighted by Crippen LogP contribution is 2.27. The highest BCUT2D eigenvalue weighted by molar-refractivity contribution is 7.20. The molecule has 1 saturated heterocycles. The molecule has 3 rings (SSSR count). The Morgan fingerprint density at radius 2 is 2.10 bits per heavy atom. The lowest BCUT2D eigenvalue weighted by molar-refractivity contribution is -0.143. The molecule has 1 aliphatic heterocycles. The number of carbonyl (C=O) groups excluding carboxylic acids is 1. The molecule has 4 nitrogen and oxygen atoms in total. The third kappa shape index (κ3) is 2.41. The molecule has 0 saturated carbocycles. The predicted octanol–water partition coefficient (Wildman–Crippen LogP) is 2.84. The van der Waals surface area contributed by atoms with Crippen LogP contribution in [0.3, 0.4) is 0 Å². The summed E-state index contributed by atoms with van der Waals surface area (Å²) in [6.07, 6.45) is 1.42. The lowest BCUT2D eigenvalue weighted by Crippen LogP contribution is -2.42. The van der Waals surface area contributed by atoms with E-state index < -0.39 is 11.9 Å². The van der Waals surface area contributed by atoms with E-state index >= 15 is 0 Å². The lowest BCUT2D eigenvalue weighted by atomic mass is 9.98. The van der Waals surface area contributed by atoms with Gasteiger partial charge in [0.2, 0.25) is 0 Å². The van der Waals surface area contributed by atoms with E-state index in [9.17, 15) is 9.59 Å². The maximum atomic E-state index is 12.5. The van der Waals surface area contributed by atoms with Crippen molar-refractivity contribution >= 4 is 33.3 Å². The second kappa shape index (κ2) is 5.25. The number of carboxylic acid groups (broad SMARTS) is 1. The number of hydrogen-bond donors (Lipinski definition) is 1. The summed E-state index contributed by atoms with van der Waals surface area (Å²) < 4.78 is 1.09. The second-order valence-electron chi connectivity index (χ2n) is 5.08. The lowest BCUT2D eigenvalue weighted by Gasteiger charge is -2.30. The van der Waals surface area contributed by atoms with Gasteiger partial charge >= 0.3 is 5.97 Å². The Morgan fingerprint density at radius 3 is 2.85 bits per heavy atom. The largest absolute Gasteiger partial charge is 0.481 e. The van der Waals surface area contributed by atoms with Gasteiger partial charge in [-0.05, 0) is 30.4 Å². The van der Waals surface area contributed by atoms with Crippen LogP contribution in [0, 0.1) is 5.92 Å². The molecule has 0 bridgehead atoms. The van der Waals surface area contributed by atoms with Crippen LogP contribution in [-0.4, -0.2) is 35.0 Å². The van der Waals surface area contributed by atoms with E-state index in [0.29, 0.717) is 24.4 Å². The topological polar surface area (TPSA) is 57.6 Å². The first kappa shape index (κ1) is 13.1. The van der Waals surface area contributed by atoms with E-state index in [1.165, 1.54) is 11.3 Å². The Bertz CT molecular complexity index is 631. The van der Waals surface area contributed by atoms with Gasteiger partial charge in [-0.1, -0.05) is 18.2 Å². The minimum absolute atomic E-state index is 0.0443. The first-order valence-corrected chi connectivity index (χ1v) is 7.47. The fourth-order valence-electron chi connectivity index (χ4n) is 2.61. The molecule has 1 aromatic heterocycles. The van der Waals surface area contributed by atoms with Crippen molar-refractivity contribution < 1.29 is 14.7 Å². The summed E-state index contributed by atoms with van der Waals surface area (Å²) in [5.74, 6) is -1.28. The molecule has 0 spiro atoms. The minimum Gasteiger partial charge on any atom is -0.481 e. The Morgan fingerprint density at radius 1 is 1.30 bits per heavy atom. The third-order valence-electron chi connectivity index (χ3n) is 3.69. The normalized spacial score (nSPS) is 19.2. The fourth-order valence-corrected chi connectivity index (χ4v) is 3.64. The predicted molar refractivity (Wildman–Crippen MR) is 78.1 cm³/mol. The summed E-state index contributed by atoms with van der Waals surface area (Å²) in [6.45, 7) is 0.971. The monoisotopic (exact) mass is 289 g/mol. The van der Waals surface area contributed by atoms with Crippen molar-refractivity contribution in [3.05, 3.63) is 35.2 Å². The quantitative estimate of drug-likeness (QED) is 0.925. The van der Waals surface area contributed by atoms with Gasteiger partial charge in [0.05, 0.1) is 10.8 Å². The number of amides is 1. The first-order valence-electron chi connectivity index (χ1n) is 6.66. The van der Waals surface area contributed by atoms with Crippen molar-refractivity contribution in [3.63, 3.8) is 0 Å². The fraction of sp³-hybridized carbons (Fsp3) is 0.333. The maximum absolute atomic E-state index is 12.5. The van der Waals surface area contributed by atoms with Gasteiger partial charge in [0.1, 0.15) is 0 Å². The van der Waals surface area contributed by atoms with Crippen molar-refractivity contribution in [2.24, 2.45) is 5.92 Å². The average molecular weight is 289 g/mol. The van der Waals surface area contributed by atoms with E-state index in [2.05, 4.69) is 0 Å². The van der Waals surface area contributed by atoms with Gasteiger partial charge in [-0.25, -0.2) is 0 Å². The van der Waals surface area contributed by atoms with Gasteiger partial charge in [0, 0.05) is 17.8 Å². The van der Waals surface area contributed by atoms with E-state index in [0.717, 1.165) is 16.5 Å². The summed E-state index contributed by atoms with van der Waals surface area (Å²) in [6, 6.07) is 9.78. The van der Waals surface area contributed by atoms with Gasteiger partial charge in [-0.3, -0.25) is 9.59 Å². The number of hydrogen-bond acceptors (Lipinski definition) is 3. The first-order chi connectivity index (χ1) is 9.65. The summed E-state index contributed by atoms with van der Waals surface area (Å²) in [7, 11) is 0. The molecule has 1 unspecified atom stereocenters. The molecule has 0 aliphatic carbocycles. The van der Waals surface area contributed by atoms with Crippen LogP contribution in [0.2, 0.25) is 0 Å². The molecule has 1 amide bonds. The second-order valence-corrected chi connectivity index (χ2v) is 6.16. The minimum atomic E-state index is -0.807. The molecule has 1 fully saturated rings.